The van der Waals surface area contributed by atoms with E-state index in [4.69, 9.17) is 15.2 Å². The molecule has 0 amide bonds. The van der Waals surface area contributed by atoms with Crippen LogP contribution in [0.5, 0.6) is 11.5 Å². The molecule has 0 fully saturated rings. The lowest BCUT2D eigenvalue weighted by Crippen LogP contribution is -2.05. The van der Waals surface area contributed by atoms with Gasteiger partial charge in [0.2, 0.25) is 0 Å². The van der Waals surface area contributed by atoms with Crippen LogP contribution in [0.25, 0.3) is 0 Å². The Morgan fingerprint density at radius 2 is 1.67 bits per heavy atom. The molecule has 0 atom stereocenters. The molecule has 2 rings (SSSR count). The van der Waals surface area contributed by atoms with Crippen LogP contribution in [0.4, 0.5) is 5.69 Å². The second kappa shape index (κ2) is 6.49. The molecule has 2 aromatic rings. The predicted molar refractivity (Wildman–Crippen MR) is 89.2 cm³/mol. The van der Waals surface area contributed by atoms with Crippen molar-refractivity contribution in [3.05, 3.63) is 50.4 Å². The smallest absolute Gasteiger partial charge is 0.196 e. The van der Waals surface area contributed by atoms with E-state index in [0.717, 1.165) is 4.47 Å². The molecule has 0 spiro atoms. The van der Waals surface area contributed by atoms with Gasteiger partial charge < -0.3 is 15.2 Å². The minimum absolute atomic E-state index is 0.183. The number of carbonyl (C=O) groups is 1. The first kappa shape index (κ1) is 15.9. The summed E-state index contributed by atoms with van der Waals surface area (Å²) in [6.45, 7) is 0. The first-order valence-corrected chi connectivity index (χ1v) is 7.57. The van der Waals surface area contributed by atoms with E-state index in [2.05, 4.69) is 31.9 Å². The van der Waals surface area contributed by atoms with Crippen molar-refractivity contribution in [2.24, 2.45) is 0 Å². The summed E-state index contributed by atoms with van der Waals surface area (Å²) in [7, 11) is 3.05. The van der Waals surface area contributed by atoms with Gasteiger partial charge in [-0.15, -0.1) is 0 Å². The number of methoxy groups -OCH3 is 2. The van der Waals surface area contributed by atoms with Gasteiger partial charge in [0.25, 0.3) is 0 Å². The average molecular weight is 415 g/mol. The van der Waals surface area contributed by atoms with Crippen LogP contribution in [0, 0.1) is 0 Å². The highest BCUT2D eigenvalue weighted by Gasteiger charge is 2.18. The van der Waals surface area contributed by atoms with Crippen molar-refractivity contribution in [2.45, 2.75) is 0 Å². The minimum Gasteiger partial charge on any atom is -0.496 e. The second-order valence-corrected chi connectivity index (χ2v) is 5.96. The topological polar surface area (TPSA) is 61.5 Å². The molecule has 0 aliphatic carbocycles. The van der Waals surface area contributed by atoms with Crippen LogP contribution < -0.4 is 15.2 Å². The molecule has 110 valence electrons. The van der Waals surface area contributed by atoms with Gasteiger partial charge in [0.05, 0.1) is 24.3 Å². The zero-order chi connectivity index (χ0) is 15.6. The van der Waals surface area contributed by atoms with Crippen LogP contribution in [0.15, 0.2) is 39.3 Å². The van der Waals surface area contributed by atoms with Gasteiger partial charge in [-0.25, -0.2) is 0 Å². The fourth-order valence-corrected chi connectivity index (χ4v) is 2.61. The first-order chi connectivity index (χ1) is 9.97. The summed E-state index contributed by atoms with van der Waals surface area (Å²) < 4.78 is 12.0. The van der Waals surface area contributed by atoms with E-state index >= 15 is 0 Å². The molecule has 0 heterocycles. The molecule has 0 aliphatic heterocycles. The van der Waals surface area contributed by atoms with Gasteiger partial charge in [0.15, 0.2) is 5.78 Å². The number of anilines is 1. The molecule has 0 saturated heterocycles. The molecule has 2 aromatic carbocycles. The average Bonchev–Trinajstić information content (AvgIpc) is 2.49. The third kappa shape index (κ3) is 3.22. The molecular weight excluding hydrogens is 402 g/mol. The molecule has 4 nitrogen and oxygen atoms in total. The molecule has 6 heteroatoms. The van der Waals surface area contributed by atoms with Crippen LogP contribution in [-0.2, 0) is 0 Å². The number of nitrogen functional groups attached to an aromatic ring is 1. The van der Waals surface area contributed by atoms with Gasteiger partial charge in [0, 0.05) is 15.7 Å². The Hall–Kier alpha value is -1.53. The summed E-state index contributed by atoms with van der Waals surface area (Å²) in [6.07, 6.45) is 0. The fourth-order valence-electron chi connectivity index (χ4n) is 1.88. The van der Waals surface area contributed by atoms with Gasteiger partial charge in [-0.3, -0.25) is 4.79 Å². The zero-order valence-corrected chi connectivity index (χ0v) is 14.6. The molecular formula is C15H13Br2NO3. The Bertz CT molecular complexity index is 702. The second-order valence-electron chi connectivity index (χ2n) is 4.25. The van der Waals surface area contributed by atoms with Crippen LogP contribution in [0.1, 0.15) is 15.9 Å². The lowest BCUT2D eigenvalue weighted by Gasteiger charge is -2.12. The maximum atomic E-state index is 12.6. The summed E-state index contributed by atoms with van der Waals surface area (Å²) in [5.74, 6) is 0.843. The maximum Gasteiger partial charge on any atom is 0.196 e. The molecule has 0 saturated carbocycles. The Balaban J connectivity index is 2.53. The number of benzene rings is 2. The number of hydrogen-bond acceptors (Lipinski definition) is 4. The van der Waals surface area contributed by atoms with E-state index in [-0.39, 0.29) is 5.78 Å². The Morgan fingerprint density at radius 1 is 1.00 bits per heavy atom. The summed E-state index contributed by atoms with van der Waals surface area (Å²) in [5.41, 5.74) is 7.23. The highest BCUT2D eigenvalue weighted by Crippen LogP contribution is 2.34. The Morgan fingerprint density at radius 3 is 2.24 bits per heavy atom. The predicted octanol–water partition coefficient (Wildman–Crippen LogP) is 4.04. The van der Waals surface area contributed by atoms with E-state index in [1.54, 1.807) is 37.4 Å². The van der Waals surface area contributed by atoms with Crippen molar-refractivity contribution in [3.63, 3.8) is 0 Å². The van der Waals surface area contributed by atoms with Crippen molar-refractivity contribution in [1.82, 2.24) is 0 Å². The zero-order valence-electron chi connectivity index (χ0n) is 11.4. The minimum atomic E-state index is -0.183. The molecule has 2 N–H and O–H groups in total. The fraction of sp³-hybridized carbons (Fsp3) is 0.133. The lowest BCUT2D eigenvalue weighted by molar-refractivity contribution is 0.103. The molecule has 0 radical (unpaired) electrons. The van der Waals surface area contributed by atoms with Gasteiger partial charge in [-0.05, 0) is 62.2 Å². The van der Waals surface area contributed by atoms with Crippen molar-refractivity contribution in [2.75, 3.05) is 20.0 Å². The molecule has 0 unspecified atom stereocenters. The van der Waals surface area contributed by atoms with Crippen molar-refractivity contribution in [3.8, 4) is 11.5 Å². The van der Waals surface area contributed by atoms with Gasteiger partial charge in [-0.1, -0.05) is 0 Å². The number of carbonyl (C=O) groups excluding carboxylic acids is 1. The highest BCUT2D eigenvalue weighted by atomic mass is 79.9. The standard InChI is InChI=1S/C15H13Br2NO3/c1-20-13-7-11(17)14(21-2)6-9(13)15(19)8-3-4-10(16)12(18)5-8/h3-7H,18H2,1-2H3. The van der Waals surface area contributed by atoms with Crippen LogP contribution in [-0.4, -0.2) is 20.0 Å². The van der Waals surface area contributed by atoms with Gasteiger partial charge >= 0.3 is 0 Å². The van der Waals surface area contributed by atoms with E-state index in [9.17, 15) is 4.79 Å². The van der Waals surface area contributed by atoms with Crippen molar-refractivity contribution in [1.29, 1.82) is 0 Å². The van der Waals surface area contributed by atoms with Crippen LogP contribution >= 0.6 is 31.9 Å². The van der Waals surface area contributed by atoms with Crippen molar-refractivity contribution < 1.29 is 14.3 Å². The maximum absolute atomic E-state index is 12.6. The lowest BCUT2D eigenvalue weighted by atomic mass is 10.0. The van der Waals surface area contributed by atoms with E-state index < -0.39 is 0 Å². The van der Waals surface area contributed by atoms with Gasteiger partial charge in [-0.2, -0.15) is 0 Å². The Kier molecular flexibility index (Phi) is 4.90. The summed E-state index contributed by atoms with van der Waals surface area (Å²) in [6, 6.07) is 8.42. The normalized spacial score (nSPS) is 10.3. The van der Waals surface area contributed by atoms with Gasteiger partial charge in [0.1, 0.15) is 11.5 Å². The third-order valence-corrected chi connectivity index (χ3v) is 4.32. The number of ketones is 1. The summed E-state index contributed by atoms with van der Waals surface area (Å²) in [4.78, 5) is 12.6. The summed E-state index contributed by atoms with van der Waals surface area (Å²) in [5, 5.41) is 0. The van der Waals surface area contributed by atoms with E-state index in [0.29, 0.717) is 32.8 Å². The molecule has 0 aliphatic rings. The molecule has 21 heavy (non-hydrogen) atoms. The van der Waals surface area contributed by atoms with Crippen molar-refractivity contribution >= 4 is 43.3 Å². The molecule has 0 bridgehead atoms. The monoisotopic (exact) mass is 413 g/mol. The number of hydrogen-bond donors (Lipinski definition) is 1. The molecule has 0 aromatic heterocycles. The van der Waals surface area contributed by atoms with Crippen LogP contribution in [0.2, 0.25) is 0 Å². The number of nitrogens with two attached hydrogens (primary N) is 1. The number of rotatable bonds is 4. The number of ether oxygens (including phenoxy) is 2. The first-order valence-electron chi connectivity index (χ1n) is 5.99. The van der Waals surface area contributed by atoms with E-state index in [1.807, 2.05) is 0 Å². The largest absolute Gasteiger partial charge is 0.496 e. The SMILES string of the molecule is COc1cc(C(=O)c2ccc(Br)c(N)c2)c(OC)cc1Br. The summed E-state index contributed by atoms with van der Waals surface area (Å²) >= 11 is 6.67. The number of halogens is 2. The quantitative estimate of drug-likeness (QED) is 0.605. The highest BCUT2D eigenvalue weighted by molar-refractivity contribution is 9.11. The third-order valence-electron chi connectivity index (χ3n) is 2.98. The Labute approximate surface area is 139 Å². The van der Waals surface area contributed by atoms with Crippen LogP contribution in [0.3, 0.4) is 0 Å². The van der Waals surface area contributed by atoms with E-state index in [1.165, 1.54) is 7.11 Å².